The zero-order chi connectivity index (χ0) is 15.2. The number of anilines is 1. The van der Waals surface area contributed by atoms with E-state index in [9.17, 15) is 9.59 Å². The van der Waals surface area contributed by atoms with Gasteiger partial charge in [-0.3, -0.25) is 9.59 Å². The summed E-state index contributed by atoms with van der Waals surface area (Å²) in [6, 6.07) is 6.82. The van der Waals surface area contributed by atoms with Crippen LogP contribution in [0, 0.1) is 0 Å². The Hall–Kier alpha value is -1.59. The third-order valence-corrected chi connectivity index (χ3v) is 3.62. The number of hydrogen-bond acceptors (Lipinski definition) is 3. The number of benzene rings is 1. The van der Waals surface area contributed by atoms with Gasteiger partial charge in [-0.2, -0.15) is 0 Å². The molecular weight excluding hydrogens is 292 g/mol. The van der Waals surface area contributed by atoms with Gasteiger partial charge >= 0.3 is 0 Å². The van der Waals surface area contributed by atoms with Crippen molar-refractivity contribution in [1.82, 2.24) is 5.32 Å². The van der Waals surface area contributed by atoms with Crippen molar-refractivity contribution in [3.63, 3.8) is 0 Å². The van der Waals surface area contributed by atoms with E-state index in [-0.39, 0.29) is 24.5 Å². The maximum Gasteiger partial charge on any atom is 0.240 e. The second-order valence-corrected chi connectivity index (χ2v) is 5.46. The van der Waals surface area contributed by atoms with Gasteiger partial charge in [0.05, 0.1) is 6.10 Å². The molecule has 1 atom stereocenters. The molecule has 1 unspecified atom stereocenters. The first-order chi connectivity index (χ1) is 10.1. The summed E-state index contributed by atoms with van der Waals surface area (Å²) in [5, 5.41) is 3.40. The van der Waals surface area contributed by atoms with Gasteiger partial charge in [-0.05, 0) is 37.1 Å². The summed E-state index contributed by atoms with van der Waals surface area (Å²) >= 11 is 5.83. The van der Waals surface area contributed by atoms with Gasteiger partial charge < -0.3 is 15.0 Å². The van der Waals surface area contributed by atoms with Crippen LogP contribution in [-0.2, 0) is 14.3 Å². The lowest BCUT2D eigenvalue weighted by molar-refractivity contribution is -0.123. The molecular formula is C15H19ClN2O3. The topological polar surface area (TPSA) is 58.6 Å². The number of ether oxygens (including phenoxy) is 1. The molecule has 21 heavy (non-hydrogen) atoms. The zero-order valence-corrected chi connectivity index (χ0v) is 12.7. The molecule has 0 aliphatic carbocycles. The average molecular weight is 311 g/mol. The van der Waals surface area contributed by atoms with Gasteiger partial charge in [0.15, 0.2) is 0 Å². The quantitative estimate of drug-likeness (QED) is 0.905. The van der Waals surface area contributed by atoms with Crippen LogP contribution in [0.3, 0.4) is 0 Å². The number of carbonyl (C=O) groups excluding carboxylic acids is 2. The fraction of sp³-hybridized carbons (Fsp3) is 0.467. The fourth-order valence-electron chi connectivity index (χ4n) is 2.24. The monoisotopic (exact) mass is 310 g/mol. The van der Waals surface area contributed by atoms with Crippen LogP contribution in [0.15, 0.2) is 24.3 Å². The van der Waals surface area contributed by atoms with E-state index in [0.717, 1.165) is 19.4 Å². The lowest BCUT2D eigenvalue weighted by atomic mass is 10.2. The fourth-order valence-corrected chi connectivity index (χ4v) is 2.36. The van der Waals surface area contributed by atoms with E-state index in [4.69, 9.17) is 16.3 Å². The van der Waals surface area contributed by atoms with E-state index in [2.05, 4.69) is 5.32 Å². The van der Waals surface area contributed by atoms with Crippen molar-refractivity contribution in [2.45, 2.75) is 25.9 Å². The van der Waals surface area contributed by atoms with E-state index in [1.54, 1.807) is 24.3 Å². The molecule has 1 aliphatic heterocycles. The summed E-state index contributed by atoms with van der Waals surface area (Å²) in [6.45, 7) is 2.67. The van der Waals surface area contributed by atoms with Crippen LogP contribution >= 0.6 is 11.6 Å². The van der Waals surface area contributed by atoms with Gasteiger partial charge in [0.1, 0.15) is 6.54 Å². The number of amides is 2. The minimum atomic E-state index is -0.198. The molecule has 0 bridgehead atoms. The Morgan fingerprint density at radius 2 is 2.10 bits per heavy atom. The average Bonchev–Trinajstić information content (AvgIpc) is 2.97. The first-order valence-electron chi connectivity index (χ1n) is 6.98. The molecule has 2 rings (SSSR count). The maximum absolute atomic E-state index is 12.0. The second kappa shape index (κ2) is 7.43. The molecule has 1 aliphatic rings. The SMILES string of the molecule is CC(=O)N(CC(=O)NCC1CCCO1)c1ccc(Cl)cc1. The molecule has 114 valence electrons. The molecule has 1 fully saturated rings. The Morgan fingerprint density at radius 3 is 2.67 bits per heavy atom. The molecule has 2 amide bonds. The van der Waals surface area contributed by atoms with Gasteiger partial charge in [-0.1, -0.05) is 11.6 Å². The summed E-state index contributed by atoms with van der Waals surface area (Å²) in [7, 11) is 0. The van der Waals surface area contributed by atoms with Crippen molar-refractivity contribution in [2.24, 2.45) is 0 Å². The summed E-state index contributed by atoms with van der Waals surface area (Å²) in [4.78, 5) is 25.1. The summed E-state index contributed by atoms with van der Waals surface area (Å²) in [5.74, 6) is -0.389. The van der Waals surface area contributed by atoms with Crippen molar-refractivity contribution in [3.05, 3.63) is 29.3 Å². The standard InChI is InChI=1S/C15H19ClN2O3/c1-11(19)18(13-6-4-12(16)5-7-13)10-15(20)17-9-14-3-2-8-21-14/h4-7,14H,2-3,8-10H2,1H3,(H,17,20). The van der Waals surface area contributed by atoms with Crippen LogP contribution < -0.4 is 10.2 Å². The van der Waals surface area contributed by atoms with Crippen molar-refractivity contribution in [3.8, 4) is 0 Å². The number of hydrogen-bond donors (Lipinski definition) is 1. The highest BCUT2D eigenvalue weighted by molar-refractivity contribution is 6.30. The minimum absolute atomic E-state index is 0.0102. The van der Waals surface area contributed by atoms with Crippen molar-refractivity contribution in [2.75, 3.05) is 24.6 Å². The van der Waals surface area contributed by atoms with E-state index in [0.29, 0.717) is 17.3 Å². The third-order valence-electron chi connectivity index (χ3n) is 3.37. The first kappa shape index (κ1) is 15.8. The van der Waals surface area contributed by atoms with Crippen molar-refractivity contribution < 1.29 is 14.3 Å². The molecule has 0 radical (unpaired) electrons. The van der Waals surface area contributed by atoms with Gasteiger partial charge in [-0.25, -0.2) is 0 Å². The van der Waals surface area contributed by atoms with E-state index >= 15 is 0 Å². The lowest BCUT2D eigenvalue weighted by Crippen LogP contribution is -2.42. The van der Waals surface area contributed by atoms with E-state index < -0.39 is 0 Å². The van der Waals surface area contributed by atoms with Crippen LogP contribution in [0.1, 0.15) is 19.8 Å². The number of carbonyl (C=O) groups is 2. The predicted molar refractivity (Wildman–Crippen MR) is 81.5 cm³/mol. The molecule has 1 aromatic rings. The Labute approximate surface area is 129 Å². The molecule has 1 aromatic carbocycles. The maximum atomic E-state index is 12.0. The van der Waals surface area contributed by atoms with Gasteiger partial charge in [0.25, 0.3) is 0 Å². The Bertz CT molecular complexity index is 498. The lowest BCUT2D eigenvalue weighted by Gasteiger charge is -2.21. The van der Waals surface area contributed by atoms with Crippen molar-refractivity contribution in [1.29, 1.82) is 0 Å². The van der Waals surface area contributed by atoms with Crippen LogP contribution in [0.2, 0.25) is 5.02 Å². The second-order valence-electron chi connectivity index (χ2n) is 5.02. The van der Waals surface area contributed by atoms with Crippen LogP contribution in [-0.4, -0.2) is 37.6 Å². The molecule has 1 saturated heterocycles. The van der Waals surface area contributed by atoms with Crippen LogP contribution in [0.5, 0.6) is 0 Å². The van der Waals surface area contributed by atoms with Crippen LogP contribution in [0.25, 0.3) is 0 Å². The van der Waals surface area contributed by atoms with Crippen LogP contribution in [0.4, 0.5) is 5.69 Å². The largest absolute Gasteiger partial charge is 0.376 e. The van der Waals surface area contributed by atoms with E-state index in [1.165, 1.54) is 11.8 Å². The minimum Gasteiger partial charge on any atom is -0.376 e. The van der Waals surface area contributed by atoms with Gasteiger partial charge in [-0.15, -0.1) is 0 Å². The molecule has 0 aromatic heterocycles. The molecule has 0 saturated carbocycles. The number of nitrogens with zero attached hydrogens (tertiary/aromatic N) is 1. The third kappa shape index (κ3) is 4.72. The summed E-state index contributed by atoms with van der Waals surface area (Å²) in [6.07, 6.45) is 2.09. The van der Waals surface area contributed by atoms with E-state index in [1.807, 2.05) is 0 Å². The van der Waals surface area contributed by atoms with Gasteiger partial charge in [0, 0.05) is 30.8 Å². The molecule has 0 spiro atoms. The zero-order valence-electron chi connectivity index (χ0n) is 12.0. The number of rotatable bonds is 5. The smallest absolute Gasteiger partial charge is 0.240 e. The highest BCUT2D eigenvalue weighted by atomic mass is 35.5. The Balaban J connectivity index is 1.91. The number of nitrogens with one attached hydrogen (secondary N) is 1. The highest BCUT2D eigenvalue weighted by Gasteiger charge is 2.19. The predicted octanol–water partition coefficient (Wildman–Crippen LogP) is 1.99. The van der Waals surface area contributed by atoms with Gasteiger partial charge in [0.2, 0.25) is 11.8 Å². The normalized spacial score (nSPS) is 17.5. The Morgan fingerprint density at radius 1 is 1.38 bits per heavy atom. The molecule has 1 heterocycles. The summed E-state index contributed by atoms with van der Waals surface area (Å²) in [5.41, 5.74) is 0.652. The number of halogens is 1. The first-order valence-corrected chi connectivity index (χ1v) is 7.36. The molecule has 5 nitrogen and oxygen atoms in total. The molecule has 6 heteroatoms. The summed E-state index contributed by atoms with van der Waals surface area (Å²) < 4.78 is 5.44. The highest BCUT2D eigenvalue weighted by Crippen LogP contribution is 2.18. The van der Waals surface area contributed by atoms with Crippen molar-refractivity contribution >= 4 is 29.1 Å². The molecule has 1 N–H and O–H groups in total. The Kier molecular flexibility index (Phi) is 5.59.